The molecule has 0 saturated carbocycles. The van der Waals surface area contributed by atoms with Gasteiger partial charge >= 0.3 is 12.0 Å². The molecule has 0 N–H and O–H groups in total. The van der Waals surface area contributed by atoms with Crippen LogP contribution < -0.4 is 4.90 Å². The number of carbonyl (C=O) groups excluding carboxylic acids is 3. The van der Waals surface area contributed by atoms with E-state index in [1.807, 2.05) is 18.2 Å². The first-order valence-corrected chi connectivity index (χ1v) is 9.79. The lowest BCUT2D eigenvalue weighted by atomic mass is 9.89. The largest absolute Gasteiger partial charge is 0.465 e. The van der Waals surface area contributed by atoms with Gasteiger partial charge in [-0.2, -0.15) is 0 Å². The van der Waals surface area contributed by atoms with Crippen molar-refractivity contribution in [3.8, 4) is 0 Å². The molecule has 2 amide bonds. The number of Topliss-reactive ketones (excluding diaryl/α,β-unsaturated/α-hetero) is 1. The lowest BCUT2D eigenvalue weighted by molar-refractivity contribution is -0.141. The monoisotopic (exact) mass is 392 g/mol. The summed E-state index contributed by atoms with van der Waals surface area (Å²) in [6.07, 6.45) is 1.18. The fourth-order valence-electron chi connectivity index (χ4n) is 3.45. The zero-order chi connectivity index (χ0) is 20.6. The maximum Gasteiger partial charge on any atom is 0.326 e. The van der Waals surface area contributed by atoms with Gasteiger partial charge in [-0.1, -0.05) is 30.3 Å². The van der Waals surface area contributed by atoms with Crippen molar-refractivity contribution in [2.45, 2.75) is 19.8 Å². The molecule has 1 saturated heterocycles. The predicted molar refractivity (Wildman–Crippen MR) is 109 cm³/mol. The lowest BCUT2D eigenvalue weighted by Crippen LogP contribution is -2.49. The lowest BCUT2D eigenvalue weighted by Gasteiger charge is -2.35. The Morgan fingerprint density at radius 1 is 1.10 bits per heavy atom. The van der Waals surface area contributed by atoms with E-state index < -0.39 is 5.97 Å². The van der Waals surface area contributed by atoms with E-state index in [4.69, 9.17) is 4.74 Å². The van der Waals surface area contributed by atoms with Gasteiger partial charge in [0.2, 0.25) is 0 Å². The summed E-state index contributed by atoms with van der Waals surface area (Å²) in [4.78, 5) is 40.9. The van der Waals surface area contributed by atoms with Crippen LogP contribution in [0.5, 0.6) is 0 Å². The number of nitrogens with zero attached hydrogens (tertiary/aromatic N) is 2. The van der Waals surface area contributed by atoms with Crippen LogP contribution in [0.25, 0.3) is 0 Å². The van der Waals surface area contributed by atoms with Crippen molar-refractivity contribution in [2.75, 3.05) is 31.1 Å². The first kappa shape index (κ1) is 20.4. The van der Waals surface area contributed by atoms with Gasteiger partial charge < -0.3 is 9.64 Å². The number of para-hydroxylation sites is 1. The summed E-state index contributed by atoms with van der Waals surface area (Å²) in [6.45, 7) is 2.77. The van der Waals surface area contributed by atoms with Crippen molar-refractivity contribution in [2.24, 2.45) is 5.92 Å². The van der Waals surface area contributed by atoms with Crippen LogP contribution in [-0.2, 0) is 9.53 Å². The van der Waals surface area contributed by atoms with Crippen molar-refractivity contribution >= 4 is 23.5 Å². The Labute approximate surface area is 171 Å². The third-order valence-corrected chi connectivity index (χ3v) is 4.97. The molecule has 0 spiro atoms. The van der Waals surface area contributed by atoms with Crippen LogP contribution in [0.3, 0.4) is 0 Å². The quantitative estimate of drug-likeness (QED) is 0.558. The number of carbonyl (C=O) groups is 3. The van der Waals surface area contributed by atoms with Crippen LogP contribution in [0, 0.1) is 18.1 Å². The first-order chi connectivity index (χ1) is 14.1. The van der Waals surface area contributed by atoms with Crippen molar-refractivity contribution in [3.05, 3.63) is 66.2 Å². The van der Waals surface area contributed by atoms with Gasteiger partial charge in [-0.15, -0.1) is 0 Å². The van der Waals surface area contributed by atoms with Gasteiger partial charge in [0, 0.05) is 30.3 Å². The Kier molecular flexibility index (Phi) is 6.85. The smallest absolute Gasteiger partial charge is 0.326 e. The number of likely N-dealkylation sites (tertiary alicyclic amines) is 1. The highest BCUT2D eigenvalue weighted by molar-refractivity contribution is 5.99. The molecule has 1 fully saturated rings. The molecule has 0 atom stereocenters. The highest BCUT2D eigenvalue weighted by Crippen LogP contribution is 2.24. The first-order valence-electron chi connectivity index (χ1n) is 9.79. The number of hydrogen-bond acceptors (Lipinski definition) is 4. The number of amides is 2. The summed E-state index contributed by atoms with van der Waals surface area (Å²) in [5.41, 5.74) is 1.27. The molecule has 3 rings (SSSR count). The van der Waals surface area contributed by atoms with Crippen LogP contribution in [-0.4, -0.2) is 48.9 Å². The Balaban J connectivity index is 1.66. The molecule has 0 radical (unpaired) electrons. The van der Waals surface area contributed by atoms with Crippen molar-refractivity contribution in [1.82, 2.24) is 4.90 Å². The molecule has 1 aliphatic rings. The summed E-state index contributed by atoms with van der Waals surface area (Å²) >= 11 is 0. The van der Waals surface area contributed by atoms with E-state index in [1.54, 1.807) is 42.2 Å². The molecular weight excluding hydrogens is 368 g/mol. The highest BCUT2D eigenvalue weighted by atomic mass is 16.5. The molecule has 2 aromatic carbocycles. The third-order valence-electron chi connectivity index (χ3n) is 4.97. The topological polar surface area (TPSA) is 66.9 Å². The zero-order valence-corrected chi connectivity index (χ0v) is 16.5. The van der Waals surface area contributed by atoms with Gasteiger partial charge in [0.25, 0.3) is 0 Å². The van der Waals surface area contributed by atoms with Crippen LogP contribution in [0.2, 0.25) is 0 Å². The normalized spacial score (nSPS) is 14.0. The summed E-state index contributed by atoms with van der Waals surface area (Å²) in [5.74, 6) is -0.495. The second-order valence-corrected chi connectivity index (χ2v) is 6.86. The van der Waals surface area contributed by atoms with E-state index in [-0.39, 0.29) is 30.9 Å². The van der Waals surface area contributed by atoms with Crippen molar-refractivity contribution < 1.29 is 19.1 Å². The maximum absolute atomic E-state index is 13.1. The molecule has 6 heteroatoms. The molecule has 0 aliphatic carbocycles. The Morgan fingerprint density at radius 3 is 2.45 bits per heavy atom. The second kappa shape index (κ2) is 9.74. The van der Waals surface area contributed by atoms with Crippen LogP contribution in [0.1, 0.15) is 30.1 Å². The molecular formula is C23H24N2O4. The summed E-state index contributed by atoms with van der Waals surface area (Å²) in [7, 11) is 0. The van der Waals surface area contributed by atoms with E-state index in [1.165, 1.54) is 4.90 Å². The Bertz CT molecular complexity index is 830. The van der Waals surface area contributed by atoms with E-state index in [9.17, 15) is 14.4 Å². The molecule has 0 aromatic heterocycles. The number of rotatable bonds is 6. The number of piperidine rings is 1. The standard InChI is InChI=1S/C23H24N2O4/c1-2-29-21(26)17-25(20-11-7-4-8-12-20)23(28)24-15-13-19(14-16-24)22(27)18-9-5-3-6-10-18/h4-5,7-12,19H,2,13-17H2,1H3. The van der Waals surface area contributed by atoms with E-state index in [0.717, 1.165) is 0 Å². The number of urea groups is 1. The molecule has 29 heavy (non-hydrogen) atoms. The summed E-state index contributed by atoms with van der Waals surface area (Å²) in [6, 6.07) is 19.5. The van der Waals surface area contributed by atoms with Gasteiger partial charge in [-0.25, -0.2) is 4.79 Å². The van der Waals surface area contributed by atoms with Gasteiger partial charge in [0.15, 0.2) is 5.78 Å². The Hall–Kier alpha value is -3.33. The van der Waals surface area contributed by atoms with Crippen molar-refractivity contribution in [3.63, 3.8) is 0 Å². The minimum atomic E-state index is -0.452. The fraction of sp³-hybridized carbons (Fsp3) is 0.348. The minimum absolute atomic E-state index is 0.0776. The fourth-order valence-corrected chi connectivity index (χ4v) is 3.45. The molecule has 0 unspecified atom stereocenters. The van der Waals surface area contributed by atoms with Gasteiger partial charge in [-0.3, -0.25) is 14.5 Å². The minimum Gasteiger partial charge on any atom is -0.465 e. The SMILES string of the molecule is CCOC(=O)CN(C(=O)N1CCC(C(=O)c2cc#ccc2)CC1)c1ccccc1. The molecule has 0 bridgehead atoms. The highest BCUT2D eigenvalue weighted by Gasteiger charge is 2.31. The van der Waals surface area contributed by atoms with E-state index in [0.29, 0.717) is 37.2 Å². The second-order valence-electron chi connectivity index (χ2n) is 6.86. The van der Waals surface area contributed by atoms with Gasteiger partial charge in [0.1, 0.15) is 6.54 Å². The average molecular weight is 392 g/mol. The summed E-state index contributed by atoms with van der Waals surface area (Å²) in [5, 5.41) is 0. The zero-order valence-electron chi connectivity index (χ0n) is 16.5. The predicted octanol–water partition coefficient (Wildman–Crippen LogP) is 3.37. The van der Waals surface area contributed by atoms with Crippen LogP contribution in [0.4, 0.5) is 10.5 Å². The molecule has 150 valence electrons. The molecule has 2 aromatic rings. The van der Waals surface area contributed by atoms with Crippen LogP contribution >= 0.6 is 0 Å². The number of ether oxygens (including phenoxy) is 1. The molecule has 6 nitrogen and oxygen atoms in total. The number of ketones is 1. The number of esters is 1. The number of hydrogen-bond donors (Lipinski definition) is 0. The Morgan fingerprint density at radius 2 is 1.83 bits per heavy atom. The average Bonchev–Trinajstić information content (AvgIpc) is 2.78. The van der Waals surface area contributed by atoms with E-state index in [2.05, 4.69) is 12.1 Å². The maximum atomic E-state index is 13.1. The molecule has 1 aliphatic heterocycles. The number of anilines is 1. The summed E-state index contributed by atoms with van der Waals surface area (Å²) < 4.78 is 5.03. The number of benzene rings is 1. The van der Waals surface area contributed by atoms with E-state index >= 15 is 0 Å². The van der Waals surface area contributed by atoms with Gasteiger partial charge in [0.05, 0.1) is 6.61 Å². The van der Waals surface area contributed by atoms with Crippen molar-refractivity contribution in [1.29, 1.82) is 0 Å². The molecule has 1 heterocycles. The van der Waals surface area contributed by atoms with Crippen LogP contribution in [0.15, 0.2) is 48.5 Å². The third kappa shape index (κ3) is 5.14. The van der Waals surface area contributed by atoms with Gasteiger partial charge in [-0.05, 0) is 50.1 Å².